The van der Waals surface area contributed by atoms with Gasteiger partial charge in [0, 0.05) is 13.1 Å². The molecule has 0 saturated heterocycles. The van der Waals surface area contributed by atoms with Crippen molar-refractivity contribution < 1.29 is 9.59 Å². The molecule has 0 aliphatic heterocycles. The minimum atomic E-state index is -0.251. The molecule has 7 heteroatoms. The lowest BCUT2D eigenvalue weighted by Gasteiger charge is -2.22. The molecular weight excluding hydrogens is 325 g/mol. The highest BCUT2D eigenvalue weighted by Gasteiger charge is 2.15. The van der Waals surface area contributed by atoms with E-state index in [2.05, 4.69) is 5.32 Å². The minimum Gasteiger partial charge on any atom is -0.342 e. The van der Waals surface area contributed by atoms with Gasteiger partial charge in [-0.25, -0.2) is 0 Å². The van der Waals surface area contributed by atoms with E-state index in [1.165, 1.54) is 0 Å². The average Bonchev–Trinajstić information content (AvgIpc) is 2.44. The van der Waals surface area contributed by atoms with Crippen molar-refractivity contribution in [3.8, 4) is 0 Å². The molecular formula is C15H21Cl2N3O2. The number of benzene rings is 1. The second-order valence-corrected chi connectivity index (χ2v) is 5.67. The van der Waals surface area contributed by atoms with Gasteiger partial charge in [-0.2, -0.15) is 0 Å². The van der Waals surface area contributed by atoms with Crippen LogP contribution >= 0.6 is 23.2 Å². The van der Waals surface area contributed by atoms with Crippen LogP contribution in [0.15, 0.2) is 18.2 Å². The maximum absolute atomic E-state index is 12.0. The first-order valence-corrected chi connectivity index (χ1v) is 7.84. The Hall–Kier alpha value is -1.30. The number of rotatable bonds is 7. The molecule has 0 atom stereocenters. The van der Waals surface area contributed by atoms with Crippen molar-refractivity contribution in [2.75, 3.05) is 38.5 Å². The number of likely N-dealkylation sites (N-methyl/N-ethyl adjacent to an activating group) is 2. The molecule has 0 unspecified atom stereocenters. The normalized spacial score (nSPS) is 10.6. The van der Waals surface area contributed by atoms with Crippen LogP contribution < -0.4 is 5.32 Å². The van der Waals surface area contributed by atoms with Gasteiger partial charge < -0.3 is 10.2 Å². The van der Waals surface area contributed by atoms with Crippen molar-refractivity contribution in [1.29, 1.82) is 0 Å². The second kappa shape index (κ2) is 8.98. The van der Waals surface area contributed by atoms with Gasteiger partial charge in [-0.05, 0) is 33.0 Å². The summed E-state index contributed by atoms with van der Waals surface area (Å²) in [6.07, 6.45) is 0. The standard InChI is InChI=1S/C15H21Cl2N3O2/c1-4-20(5-2)14(22)10-19(3)9-13(21)18-12-8-6-7-11(16)15(12)17/h6-8H,4-5,9-10H2,1-3H3,(H,18,21). The smallest absolute Gasteiger partial charge is 0.238 e. The molecule has 5 nitrogen and oxygen atoms in total. The van der Waals surface area contributed by atoms with Crippen molar-refractivity contribution in [1.82, 2.24) is 9.80 Å². The summed E-state index contributed by atoms with van der Waals surface area (Å²) in [7, 11) is 1.72. The first-order valence-electron chi connectivity index (χ1n) is 7.09. The zero-order valence-corrected chi connectivity index (χ0v) is 14.5. The third-order valence-corrected chi connectivity index (χ3v) is 3.98. The lowest BCUT2D eigenvalue weighted by molar-refractivity contribution is -0.132. The van der Waals surface area contributed by atoms with Crippen LogP contribution in [0, 0.1) is 0 Å². The maximum atomic E-state index is 12.0. The monoisotopic (exact) mass is 345 g/mol. The zero-order valence-electron chi connectivity index (χ0n) is 13.0. The molecule has 0 aromatic heterocycles. The van der Waals surface area contributed by atoms with Crippen LogP contribution in [0.5, 0.6) is 0 Å². The first kappa shape index (κ1) is 18.7. The van der Waals surface area contributed by atoms with E-state index >= 15 is 0 Å². The van der Waals surface area contributed by atoms with Gasteiger partial charge in [0.05, 0.1) is 28.8 Å². The molecule has 0 bridgehead atoms. The Morgan fingerprint density at radius 1 is 1.14 bits per heavy atom. The van der Waals surface area contributed by atoms with Crippen LogP contribution in [0.3, 0.4) is 0 Å². The van der Waals surface area contributed by atoms with Gasteiger partial charge in [-0.3, -0.25) is 14.5 Å². The molecule has 0 aliphatic rings. The molecule has 0 aliphatic carbocycles. The van der Waals surface area contributed by atoms with Crippen molar-refractivity contribution in [3.05, 3.63) is 28.2 Å². The fourth-order valence-corrected chi connectivity index (χ4v) is 2.35. The first-order chi connectivity index (χ1) is 10.4. The van der Waals surface area contributed by atoms with E-state index in [1.807, 2.05) is 13.8 Å². The van der Waals surface area contributed by atoms with Gasteiger partial charge in [0.25, 0.3) is 0 Å². The Labute approximate surface area is 141 Å². The molecule has 22 heavy (non-hydrogen) atoms. The predicted octanol–water partition coefficient (Wildman–Crippen LogP) is 2.73. The summed E-state index contributed by atoms with van der Waals surface area (Å²) < 4.78 is 0. The summed E-state index contributed by atoms with van der Waals surface area (Å²) in [4.78, 5) is 27.4. The number of nitrogens with zero attached hydrogens (tertiary/aromatic N) is 2. The van der Waals surface area contributed by atoms with Crippen LogP contribution in [0.1, 0.15) is 13.8 Å². The Bertz CT molecular complexity index is 534. The number of amides is 2. The average molecular weight is 346 g/mol. The molecule has 1 aromatic carbocycles. The van der Waals surface area contributed by atoms with Crippen molar-refractivity contribution in [3.63, 3.8) is 0 Å². The van der Waals surface area contributed by atoms with E-state index in [4.69, 9.17) is 23.2 Å². The van der Waals surface area contributed by atoms with E-state index in [-0.39, 0.29) is 24.9 Å². The van der Waals surface area contributed by atoms with Gasteiger partial charge in [0.2, 0.25) is 11.8 Å². The SMILES string of the molecule is CCN(CC)C(=O)CN(C)CC(=O)Nc1cccc(Cl)c1Cl. The number of carbonyl (C=O) groups excluding carboxylic acids is 2. The lowest BCUT2D eigenvalue weighted by Crippen LogP contribution is -2.41. The van der Waals surface area contributed by atoms with Gasteiger partial charge in [-0.15, -0.1) is 0 Å². The quantitative estimate of drug-likeness (QED) is 0.826. The van der Waals surface area contributed by atoms with Crippen molar-refractivity contribution >= 4 is 40.7 Å². The summed E-state index contributed by atoms with van der Waals surface area (Å²) in [5, 5.41) is 3.37. The Kier molecular flexibility index (Phi) is 7.65. The molecule has 122 valence electrons. The van der Waals surface area contributed by atoms with Gasteiger partial charge in [-0.1, -0.05) is 29.3 Å². The number of nitrogens with one attached hydrogen (secondary N) is 1. The predicted molar refractivity (Wildman–Crippen MR) is 90.5 cm³/mol. The van der Waals surface area contributed by atoms with Gasteiger partial charge in [0.1, 0.15) is 0 Å². The zero-order chi connectivity index (χ0) is 16.7. The molecule has 0 fully saturated rings. The topological polar surface area (TPSA) is 52.7 Å². The highest BCUT2D eigenvalue weighted by Crippen LogP contribution is 2.29. The summed E-state index contributed by atoms with van der Waals surface area (Å²) in [5.74, 6) is -0.250. The van der Waals surface area contributed by atoms with Crippen molar-refractivity contribution in [2.45, 2.75) is 13.8 Å². The second-order valence-electron chi connectivity index (χ2n) is 4.89. The summed E-state index contributed by atoms with van der Waals surface area (Å²) in [6.45, 7) is 5.46. The number of carbonyl (C=O) groups is 2. The lowest BCUT2D eigenvalue weighted by atomic mass is 10.3. The molecule has 1 aromatic rings. The van der Waals surface area contributed by atoms with Crippen LogP contribution in [0.2, 0.25) is 10.0 Å². The molecule has 1 N–H and O–H groups in total. The van der Waals surface area contributed by atoms with Gasteiger partial charge >= 0.3 is 0 Å². The number of hydrogen-bond donors (Lipinski definition) is 1. The molecule has 0 heterocycles. The third-order valence-electron chi connectivity index (χ3n) is 3.16. The van der Waals surface area contributed by atoms with E-state index in [1.54, 1.807) is 35.0 Å². The summed E-state index contributed by atoms with van der Waals surface area (Å²) in [6, 6.07) is 5.03. The molecule has 0 radical (unpaired) electrons. The fraction of sp³-hybridized carbons (Fsp3) is 0.467. The van der Waals surface area contributed by atoms with Crippen molar-refractivity contribution in [2.24, 2.45) is 0 Å². The van der Waals surface area contributed by atoms with Crippen LogP contribution in [-0.2, 0) is 9.59 Å². The molecule has 2 amide bonds. The molecule has 0 spiro atoms. The van der Waals surface area contributed by atoms with E-state index < -0.39 is 0 Å². The highest BCUT2D eigenvalue weighted by molar-refractivity contribution is 6.43. The Balaban J connectivity index is 2.54. The van der Waals surface area contributed by atoms with E-state index in [9.17, 15) is 9.59 Å². The number of hydrogen-bond acceptors (Lipinski definition) is 3. The summed E-state index contributed by atoms with van der Waals surface area (Å²) in [5.41, 5.74) is 0.461. The minimum absolute atomic E-state index is 0.00101. The van der Waals surface area contributed by atoms with E-state index in [0.29, 0.717) is 28.8 Å². The van der Waals surface area contributed by atoms with Crippen LogP contribution in [-0.4, -0.2) is 54.8 Å². The van der Waals surface area contributed by atoms with Crippen LogP contribution in [0.4, 0.5) is 5.69 Å². The number of halogens is 2. The Morgan fingerprint density at radius 2 is 1.77 bits per heavy atom. The third kappa shape index (κ3) is 5.48. The van der Waals surface area contributed by atoms with Crippen LogP contribution in [0.25, 0.3) is 0 Å². The Morgan fingerprint density at radius 3 is 2.36 bits per heavy atom. The molecule has 1 rings (SSSR count). The maximum Gasteiger partial charge on any atom is 0.238 e. The van der Waals surface area contributed by atoms with Gasteiger partial charge in [0.15, 0.2) is 0 Å². The highest BCUT2D eigenvalue weighted by atomic mass is 35.5. The fourth-order valence-electron chi connectivity index (χ4n) is 2.00. The molecule has 0 saturated carbocycles. The largest absolute Gasteiger partial charge is 0.342 e. The number of anilines is 1. The van der Waals surface area contributed by atoms with E-state index in [0.717, 1.165) is 0 Å². The summed E-state index contributed by atoms with van der Waals surface area (Å²) >= 11 is 11.9.